The second kappa shape index (κ2) is 4.00. The lowest BCUT2D eigenvalue weighted by atomic mass is 10.2. The standard InChI is InChI=1S/C8H7N5O/c9-5-6-2-1-3-7(4-6)13(12-11)8(10)14/h1-4,11H,(H2,10,14). The minimum atomic E-state index is -0.866. The number of primary amides is 1. The van der Waals surface area contributed by atoms with Crippen molar-refractivity contribution in [3.05, 3.63) is 29.8 Å². The predicted octanol–water partition coefficient (Wildman–Crippen LogP) is 1.39. The summed E-state index contributed by atoms with van der Waals surface area (Å²) in [6.07, 6.45) is 0. The molecule has 0 atom stereocenters. The van der Waals surface area contributed by atoms with Crippen molar-refractivity contribution in [2.45, 2.75) is 0 Å². The number of carbonyl (C=O) groups excluding carboxylic acids is 1. The molecule has 0 aliphatic rings. The third-order valence-electron chi connectivity index (χ3n) is 1.53. The molecule has 0 aromatic heterocycles. The summed E-state index contributed by atoms with van der Waals surface area (Å²) >= 11 is 0. The number of nitrogens with two attached hydrogens (primary N) is 1. The summed E-state index contributed by atoms with van der Waals surface area (Å²) in [5.74, 6) is 0. The second-order valence-electron chi connectivity index (χ2n) is 2.41. The summed E-state index contributed by atoms with van der Waals surface area (Å²) in [5.41, 5.74) is 12.4. The predicted molar refractivity (Wildman–Crippen MR) is 48.4 cm³/mol. The molecule has 14 heavy (non-hydrogen) atoms. The molecule has 0 aliphatic heterocycles. The number of urea groups is 1. The van der Waals surface area contributed by atoms with Gasteiger partial charge in [0.15, 0.2) is 0 Å². The highest BCUT2D eigenvalue weighted by Gasteiger charge is 2.10. The van der Waals surface area contributed by atoms with Gasteiger partial charge in [-0.2, -0.15) is 15.8 Å². The van der Waals surface area contributed by atoms with Crippen LogP contribution in [-0.4, -0.2) is 6.03 Å². The zero-order chi connectivity index (χ0) is 10.6. The van der Waals surface area contributed by atoms with Crippen LogP contribution in [-0.2, 0) is 0 Å². The minimum absolute atomic E-state index is 0.298. The first kappa shape index (κ1) is 9.67. The van der Waals surface area contributed by atoms with Crippen molar-refractivity contribution in [1.82, 2.24) is 0 Å². The number of rotatable bonds is 2. The Morgan fingerprint density at radius 3 is 2.86 bits per heavy atom. The van der Waals surface area contributed by atoms with Crippen LogP contribution in [0.25, 0.3) is 0 Å². The number of hydrogen-bond acceptors (Lipinski definition) is 4. The topological polar surface area (TPSA) is 106 Å². The first-order valence-electron chi connectivity index (χ1n) is 3.66. The molecule has 1 aromatic rings. The molecule has 1 rings (SSSR count). The van der Waals surface area contributed by atoms with Crippen LogP contribution >= 0.6 is 0 Å². The highest BCUT2D eigenvalue weighted by Crippen LogP contribution is 2.15. The van der Waals surface area contributed by atoms with Gasteiger partial charge in [0.25, 0.3) is 0 Å². The molecule has 0 radical (unpaired) electrons. The fourth-order valence-corrected chi connectivity index (χ4v) is 0.941. The van der Waals surface area contributed by atoms with Crippen LogP contribution in [0.2, 0.25) is 0 Å². The molecule has 70 valence electrons. The summed E-state index contributed by atoms with van der Waals surface area (Å²) < 4.78 is 0. The number of nitrogens with zero attached hydrogens (tertiary/aromatic N) is 3. The molecule has 0 fully saturated rings. The van der Waals surface area contributed by atoms with Gasteiger partial charge < -0.3 is 5.73 Å². The number of anilines is 1. The zero-order valence-corrected chi connectivity index (χ0v) is 7.14. The van der Waals surface area contributed by atoms with E-state index in [1.165, 1.54) is 12.1 Å². The quantitative estimate of drug-likeness (QED) is 0.541. The van der Waals surface area contributed by atoms with Crippen LogP contribution in [0, 0.1) is 16.9 Å². The number of nitrogens with one attached hydrogen (secondary N) is 1. The highest BCUT2D eigenvalue weighted by molar-refractivity contribution is 5.89. The lowest BCUT2D eigenvalue weighted by molar-refractivity contribution is 0.253. The van der Waals surface area contributed by atoms with Crippen molar-refractivity contribution in [2.75, 3.05) is 5.01 Å². The van der Waals surface area contributed by atoms with E-state index in [-0.39, 0.29) is 0 Å². The largest absolute Gasteiger partial charge is 0.350 e. The molecule has 0 spiro atoms. The van der Waals surface area contributed by atoms with Gasteiger partial charge in [-0.25, -0.2) is 4.79 Å². The zero-order valence-electron chi connectivity index (χ0n) is 7.14. The molecule has 6 heteroatoms. The van der Waals surface area contributed by atoms with Crippen molar-refractivity contribution >= 4 is 11.7 Å². The molecule has 2 amide bonds. The SMILES string of the molecule is N#Cc1cccc(N(N=N)C(N)=O)c1. The van der Waals surface area contributed by atoms with Crippen LogP contribution in [0.1, 0.15) is 5.56 Å². The van der Waals surface area contributed by atoms with Crippen LogP contribution in [0.5, 0.6) is 0 Å². The molecule has 6 nitrogen and oxygen atoms in total. The molecule has 0 unspecified atom stereocenters. The summed E-state index contributed by atoms with van der Waals surface area (Å²) in [7, 11) is 0. The van der Waals surface area contributed by atoms with Crippen LogP contribution in [0.3, 0.4) is 0 Å². The van der Waals surface area contributed by atoms with Gasteiger partial charge in [0, 0.05) is 0 Å². The average Bonchev–Trinajstić information content (AvgIpc) is 2.19. The Labute approximate surface area is 80.0 Å². The van der Waals surface area contributed by atoms with Gasteiger partial charge in [0.1, 0.15) is 0 Å². The van der Waals surface area contributed by atoms with Crippen LogP contribution < -0.4 is 10.7 Å². The van der Waals surface area contributed by atoms with E-state index in [9.17, 15) is 4.79 Å². The number of hydrogen-bond donors (Lipinski definition) is 2. The molecule has 0 heterocycles. The maximum atomic E-state index is 10.8. The van der Waals surface area contributed by atoms with E-state index in [4.69, 9.17) is 16.5 Å². The third kappa shape index (κ3) is 1.84. The molecule has 3 N–H and O–H groups in total. The molecule has 0 saturated carbocycles. The van der Waals surface area contributed by atoms with E-state index in [2.05, 4.69) is 5.22 Å². The van der Waals surface area contributed by atoms with Gasteiger partial charge >= 0.3 is 6.03 Å². The van der Waals surface area contributed by atoms with Crippen molar-refractivity contribution in [3.63, 3.8) is 0 Å². The van der Waals surface area contributed by atoms with Gasteiger partial charge in [-0.3, -0.25) is 0 Å². The van der Waals surface area contributed by atoms with Crippen molar-refractivity contribution in [3.8, 4) is 6.07 Å². The number of benzene rings is 1. The van der Waals surface area contributed by atoms with E-state index >= 15 is 0 Å². The third-order valence-corrected chi connectivity index (χ3v) is 1.53. The van der Waals surface area contributed by atoms with Gasteiger partial charge in [-0.1, -0.05) is 11.3 Å². The Hall–Kier alpha value is -2.42. The van der Waals surface area contributed by atoms with Crippen LogP contribution in [0.4, 0.5) is 10.5 Å². The van der Waals surface area contributed by atoms with Crippen LogP contribution in [0.15, 0.2) is 29.5 Å². The van der Waals surface area contributed by atoms with Gasteiger partial charge in [-0.15, -0.1) is 0 Å². The van der Waals surface area contributed by atoms with Gasteiger partial charge in [0.2, 0.25) is 0 Å². The van der Waals surface area contributed by atoms with Crippen molar-refractivity contribution in [1.29, 1.82) is 10.8 Å². The fraction of sp³-hybridized carbons (Fsp3) is 0. The summed E-state index contributed by atoms with van der Waals surface area (Å²) in [4.78, 5) is 10.8. The van der Waals surface area contributed by atoms with Crippen molar-refractivity contribution < 1.29 is 4.79 Å². The molecular formula is C8H7N5O. The lowest BCUT2D eigenvalue weighted by Gasteiger charge is -2.11. The van der Waals surface area contributed by atoms with Gasteiger partial charge in [-0.05, 0) is 18.2 Å². The smallest absolute Gasteiger partial charge is 0.341 e. The minimum Gasteiger partial charge on any atom is -0.350 e. The number of amides is 2. The first-order chi connectivity index (χ1) is 6.69. The van der Waals surface area contributed by atoms with E-state index in [0.717, 1.165) is 0 Å². The normalized spacial score (nSPS) is 8.79. The number of nitriles is 1. The van der Waals surface area contributed by atoms with Crippen molar-refractivity contribution in [2.24, 2.45) is 11.0 Å². The number of carbonyl (C=O) groups is 1. The summed E-state index contributed by atoms with van der Waals surface area (Å²) in [6.45, 7) is 0. The summed E-state index contributed by atoms with van der Waals surface area (Å²) in [5, 5.41) is 12.2. The second-order valence-corrected chi connectivity index (χ2v) is 2.41. The van der Waals surface area contributed by atoms with E-state index in [0.29, 0.717) is 16.3 Å². The molecule has 0 bridgehead atoms. The Morgan fingerprint density at radius 1 is 1.64 bits per heavy atom. The molecular weight excluding hydrogens is 182 g/mol. The summed E-state index contributed by atoms with van der Waals surface area (Å²) in [6, 6.07) is 7.14. The Bertz CT molecular complexity index is 408. The monoisotopic (exact) mass is 189 g/mol. The Kier molecular flexibility index (Phi) is 2.76. The maximum Gasteiger partial charge on any atom is 0.341 e. The molecule has 0 aliphatic carbocycles. The molecule has 0 saturated heterocycles. The molecule has 1 aromatic carbocycles. The van der Waals surface area contributed by atoms with Gasteiger partial charge in [0.05, 0.1) is 17.3 Å². The Morgan fingerprint density at radius 2 is 2.36 bits per heavy atom. The van der Waals surface area contributed by atoms with E-state index in [1.54, 1.807) is 12.1 Å². The first-order valence-corrected chi connectivity index (χ1v) is 3.66. The lowest BCUT2D eigenvalue weighted by Crippen LogP contribution is -2.30. The van der Waals surface area contributed by atoms with E-state index in [1.807, 2.05) is 6.07 Å². The highest BCUT2D eigenvalue weighted by atomic mass is 16.2. The fourth-order valence-electron chi connectivity index (χ4n) is 0.941. The van der Waals surface area contributed by atoms with E-state index < -0.39 is 6.03 Å². The maximum absolute atomic E-state index is 10.8. The average molecular weight is 189 g/mol. The Balaban J connectivity index is 3.12.